The Morgan fingerprint density at radius 2 is 1.67 bits per heavy atom. The summed E-state index contributed by atoms with van der Waals surface area (Å²) in [6.45, 7) is 2.70. The molecule has 3 unspecified atom stereocenters. The summed E-state index contributed by atoms with van der Waals surface area (Å²) in [7, 11) is 2.09. The second kappa shape index (κ2) is 11.4. The topological polar surface area (TPSA) is 114 Å². The van der Waals surface area contributed by atoms with Crippen LogP contribution < -0.4 is 20.4 Å². The number of hydrogen-bond acceptors (Lipinski definition) is 10. The molecule has 3 aromatic heterocycles. The van der Waals surface area contributed by atoms with Crippen LogP contribution in [0, 0.1) is 11.3 Å². The highest BCUT2D eigenvalue weighted by molar-refractivity contribution is 5.84. The molecule has 3 saturated heterocycles. The van der Waals surface area contributed by atoms with Crippen molar-refractivity contribution in [3.63, 3.8) is 0 Å². The fraction of sp³-hybridized carbons (Fsp3) is 0.250. The van der Waals surface area contributed by atoms with Crippen molar-refractivity contribution < 1.29 is 0 Å². The first-order valence-electron chi connectivity index (χ1n) is 15.7. The van der Waals surface area contributed by atoms with Crippen LogP contribution in [-0.4, -0.2) is 57.1 Å². The van der Waals surface area contributed by atoms with Crippen LogP contribution in [0.25, 0.3) is 11.3 Å². The number of piperazine rings is 1. The SMILES string of the molecule is CN1c2ccc(-c3ccccc3)nc2N(c2ccc(CN3CC4CCC3CN4c3nccc(C#N)n3)cc2)C1c1cccnc1N. The van der Waals surface area contributed by atoms with Gasteiger partial charge in [-0.3, -0.25) is 9.80 Å². The van der Waals surface area contributed by atoms with Gasteiger partial charge in [0, 0.05) is 68.0 Å². The first-order valence-corrected chi connectivity index (χ1v) is 15.7. The van der Waals surface area contributed by atoms with Gasteiger partial charge in [-0.05, 0) is 60.9 Å². The molecule has 46 heavy (non-hydrogen) atoms. The van der Waals surface area contributed by atoms with Crippen LogP contribution in [0.4, 0.5) is 29.0 Å². The molecule has 3 fully saturated rings. The zero-order valence-electron chi connectivity index (χ0n) is 25.6. The number of nitrogen functional groups attached to an aromatic ring is 1. The van der Waals surface area contributed by atoms with Crippen molar-refractivity contribution in [2.24, 2.45) is 0 Å². The maximum Gasteiger partial charge on any atom is 0.226 e. The fourth-order valence-electron chi connectivity index (χ4n) is 7.24. The molecule has 3 atom stereocenters. The molecule has 5 aromatic rings. The molecule has 7 heterocycles. The van der Waals surface area contributed by atoms with E-state index in [2.05, 4.69) is 96.2 Å². The monoisotopic (exact) mass is 606 g/mol. The van der Waals surface area contributed by atoms with Gasteiger partial charge in [-0.25, -0.2) is 19.9 Å². The molecular weight excluding hydrogens is 572 g/mol. The van der Waals surface area contributed by atoms with Gasteiger partial charge in [0.05, 0.1) is 11.4 Å². The van der Waals surface area contributed by atoms with E-state index in [1.165, 1.54) is 5.56 Å². The number of rotatable bonds is 6. The molecule has 0 radical (unpaired) electrons. The van der Waals surface area contributed by atoms with Gasteiger partial charge in [0.1, 0.15) is 23.7 Å². The van der Waals surface area contributed by atoms with Crippen LogP contribution in [0.3, 0.4) is 0 Å². The van der Waals surface area contributed by atoms with Crippen molar-refractivity contribution in [3.8, 4) is 17.3 Å². The van der Waals surface area contributed by atoms with Gasteiger partial charge >= 0.3 is 0 Å². The van der Waals surface area contributed by atoms with Crippen molar-refractivity contribution in [2.45, 2.75) is 37.6 Å². The molecule has 4 aliphatic heterocycles. The van der Waals surface area contributed by atoms with Gasteiger partial charge in [0.25, 0.3) is 0 Å². The third-order valence-electron chi connectivity index (χ3n) is 9.55. The summed E-state index contributed by atoms with van der Waals surface area (Å²) in [6, 6.07) is 31.9. The van der Waals surface area contributed by atoms with Crippen LogP contribution >= 0.6 is 0 Å². The van der Waals surface area contributed by atoms with Crippen LogP contribution in [0.5, 0.6) is 0 Å². The number of benzene rings is 2. The average molecular weight is 607 g/mol. The maximum absolute atomic E-state index is 9.31. The highest BCUT2D eigenvalue weighted by Gasteiger charge is 2.41. The maximum atomic E-state index is 9.31. The third kappa shape index (κ3) is 4.86. The molecule has 9 rings (SSSR count). The van der Waals surface area contributed by atoms with Crippen molar-refractivity contribution >= 4 is 29.0 Å². The van der Waals surface area contributed by atoms with E-state index >= 15 is 0 Å². The zero-order valence-corrected chi connectivity index (χ0v) is 25.6. The summed E-state index contributed by atoms with van der Waals surface area (Å²) in [5.74, 6) is 2.07. The summed E-state index contributed by atoms with van der Waals surface area (Å²) in [5, 5.41) is 9.31. The Hall–Kier alpha value is -5.53. The second-order valence-electron chi connectivity index (χ2n) is 12.2. The minimum Gasteiger partial charge on any atom is -0.383 e. The minimum absolute atomic E-state index is 0.196. The lowest BCUT2D eigenvalue weighted by Gasteiger charge is -2.51. The first-order chi connectivity index (χ1) is 22.6. The molecular formula is C36H34N10. The van der Waals surface area contributed by atoms with Gasteiger partial charge in [0.2, 0.25) is 5.95 Å². The summed E-state index contributed by atoms with van der Waals surface area (Å²) in [4.78, 5) is 28.0. The highest BCUT2D eigenvalue weighted by atomic mass is 15.4. The molecule has 0 saturated carbocycles. The Kier molecular flexibility index (Phi) is 6.96. The first kappa shape index (κ1) is 28.0. The summed E-state index contributed by atoms with van der Waals surface area (Å²) < 4.78 is 0. The van der Waals surface area contributed by atoms with E-state index in [1.807, 2.05) is 30.3 Å². The van der Waals surface area contributed by atoms with E-state index < -0.39 is 0 Å². The van der Waals surface area contributed by atoms with E-state index in [0.717, 1.165) is 66.5 Å². The van der Waals surface area contributed by atoms with Gasteiger partial charge in [-0.2, -0.15) is 5.26 Å². The second-order valence-corrected chi connectivity index (χ2v) is 12.2. The van der Waals surface area contributed by atoms with E-state index in [0.29, 0.717) is 29.5 Å². The molecule has 0 aliphatic carbocycles. The zero-order chi connectivity index (χ0) is 31.2. The Bertz CT molecular complexity index is 1920. The van der Waals surface area contributed by atoms with E-state index in [-0.39, 0.29) is 6.17 Å². The number of aromatic nitrogens is 4. The summed E-state index contributed by atoms with van der Waals surface area (Å²) in [5.41, 5.74) is 13.2. The normalized spacial score (nSPS) is 20.5. The smallest absolute Gasteiger partial charge is 0.226 e. The van der Waals surface area contributed by atoms with Gasteiger partial charge in [0.15, 0.2) is 5.82 Å². The molecule has 228 valence electrons. The molecule has 2 bridgehead atoms. The van der Waals surface area contributed by atoms with E-state index in [1.54, 1.807) is 18.5 Å². The Labute approximate surface area is 268 Å². The number of piperidine rings is 2. The van der Waals surface area contributed by atoms with Crippen LogP contribution in [-0.2, 0) is 6.54 Å². The van der Waals surface area contributed by atoms with Gasteiger partial charge in [-0.15, -0.1) is 0 Å². The predicted molar refractivity (Wildman–Crippen MR) is 179 cm³/mol. The molecule has 4 aliphatic rings. The standard InChI is InChI=1S/C36H34N10/c1-43-32-16-15-31(25-6-3-2-4-7-25)42-34(32)46(35(43)30-8-5-18-39-33(30)38)27-11-9-24(10-12-27)21-44-22-29-14-13-28(44)23-45(29)36-40-19-17-26(20-37)41-36/h2-12,15-19,28-29,35H,13-14,21-23H2,1H3,(H2,38,39). The van der Waals surface area contributed by atoms with E-state index in [4.69, 9.17) is 10.7 Å². The number of anilines is 5. The third-order valence-corrected chi connectivity index (χ3v) is 9.55. The quantitative estimate of drug-likeness (QED) is 0.265. The number of hydrogen-bond donors (Lipinski definition) is 1. The van der Waals surface area contributed by atoms with E-state index in [9.17, 15) is 5.26 Å². The minimum atomic E-state index is -0.196. The molecule has 10 heteroatoms. The number of nitrogens with two attached hydrogens (primary N) is 1. The average Bonchev–Trinajstić information content (AvgIpc) is 3.40. The highest BCUT2D eigenvalue weighted by Crippen LogP contribution is 2.50. The van der Waals surface area contributed by atoms with Crippen molar-refractivity contribution in [2.75, 3.05) is 40.6 Å². The van der Waals surface area contributed by atoms with Crippen LogP contribution in [0.2, 0.25) is 0 Å². The van der Waals surface area contributed by atoms with Crippen molar-refractivity contribution in [1.82, 2.24) is 24.8 Å². The molecule has 0 amide bonds. The van der Waals surface area contributed by atoms with Crippen LogP contribution in [0.1, 0.15) is 35.8 Å². The number of nitrogens with zero attached hydrogens (tertiary/aromatic N) is 9. The Balaban J connectivity index is 1.07. The number of nitriles is 1. The predicted octanol–water partition coefficient (Wildman–Crippen LogP) is 5.53. The Morgan fingerprint density at radius 3 is 2.43 bits per heavy atom. The molecule has 10 nitrogen and oxygen atoms in total. The molecule has 2 N–H and O–H groups in total. The number of fused-ring (bicyclic) bond motifs is 4. The van der Waals surface area contributed by atoms with Gasteiger partial charge < -0.3 is 15.5 Å². The lowest BCUT2D eigenvalue weighted by atomic mass is 9.90. The van der Waals surface area contributed by atoms with Crippen molar-refractivity contribution in [3.05, 3.63) is 114 Å². The number of pyridine rings is 2. The lowest BCUT2D eigenvalue weighted by Crippen LogP contribution is -2.62. The Morgan fingerprint density at radius 1 is 0.848 bits per heavy atom. The molecule has 0 spiro atoms. The molecule has 2 aromatic carbocycles. The van der Waals surface area contributed by atoms with Crippen LogP contribution in [0.15, 0.2) is 97.3 Å². The van der Waals surface area contributed by atoms with Crippen molar-refractivity contribution in [1.29, 1.82) is 5.26 Å². The summed E-state index contributed by atoms with van der Waals surface area (Å²) in [6.07, 6.45) is 5.48. The fourth-order valence-corrected chi connectivity index (χ4v) is 7.24. The lowest BCUT2D eigenvalue weighted by molar-refractivity contribution is 0.0879. The van der Waals surface area contributed by atoms with Gasteiger partial charge in [-0.1, -0.05) is 42.5 Å². The largest absolute Gasteiger partial charge is 0.383 e. The summed E-state index contributed by atoms with van der Waals surface area (Å²) >= 11 is 0.